The minimum atomic E-state index is -1.10. The van der Waals surface area contributed by atoms with Crippen molar-refractivity contribution in [3.8, 4) is 17.2 Å². The zero-order valence-corrected chi connectivity index (χ0v) is 18.9. The van der Waals surface area contributed by atoms with Crippen molar-refractivity contribution in [1.82, 2.24) is 0 Å². The summed E-state index contributed by atoms with van der Waals surface area (Å²) in [6.45, 7) is 0.879. The number of nitrogens with one attached hydrogen (secondary N) is 2. The van der Waals surface area contributed by atoms with Crippen LogP contribution < -0.4 is 30.6 Å². The number of carbonyl (C=O) groups is 3. The molecule has 5 N–H and O–H groups in total. The number of carboxylic acids is 1. The van der Waals surface area contributed by atoms with Gasteiger partial charge in [-0.1, -0.05) is 18.2 Å². The number of nitrogen functional groups attached to an aromatic ring is 1. The summed E-state index contributed by atoms with van der Waals surface area (Å²) in [6.07, 6.45) is -0.864. The molecule has 0 aromatic heterocycles. The van der Waals surface area contributed by atoms with Crippen LogP contribution in [-0.4, -0.2) is 42.2 Å². The van der Waals surface area contributed by atoms with Gasteiger partial charge in [-0.3, -0.25) is 9.59 Å². The molecule has 0 spiro atoms. The molecule has 0 bridgehead atoms. The lowest BCUT2D eigenvalue weighted by atomic mass is 10.2. The number of hydrogen-bond acceptors (Lipinski definition) is 7. The summed E-state index contributed by atoms with van der Waals surface area (Å²) in [7, 11) is 0. The molecule has 0 radical (unpaired) electrons. The smallest absolute Gasteiger partial charge is 0.341 e. The number of amides is 2. The first-order valence-electron chi connectivity index (χ1n) is 10.6. The van der Waals surface area contributed by atoms with Gasteiger partial charge in [0.1, 0.15) is 17.2 Å². The fourth-order valence-electron chi connectivity index (χ4n) is 2.91. The van der Waals surface area contributed by atoms with E-state index in [1.807, 2.05) is 0 Å². The largest absolute Gasteiger partial charge is 0.484 e. The van der Waals surface area contributed by atoms with E-state index in [-0.39, 0.29) is 12.5 Å². The van der Waals surface area contributed by atoms with Gasteiger partial charge in [0.25, 0.3) is 11.8 Å². The molecule has 10 nitrogen and oxygen atoms in total. The van der Waals surface area contributed by atoms with Crippen LogP contribution in [0.5, 0.6) is 17.2 Å². The van der Waals surface area contributed by atoms with E-state index in [1.54, 1.807) is 73.7 Å². The molecule has 0 fully saturated rings. The van der Waals surface area contributed by atoms with Gasteiger partial charge >= 0.3 is 5.97 Å². The molecule has 3 rings (SSSR count). The van der Waals surface area contributed by atoms with Gasteiger partial charge in [0.2, 0.25) is 0 Å². The van der Waals surface area contributed by atoms with E-state index < -0.39 is 24.6 Å². The van der Waals surface area contributed by atoms with Crippen LogP contribution in [0.3, 0.4) is 0 Å². The van der Waals surface area contributed by atoms with E-state index in [9.17, 15) is 14.4 Å². The summed E-state index contributed by atoms with van der Waals surface area (Å²) in [6, 6.07) is 19.7. The van der Waals surface area contributed by atoms with E-state index in [2.05, 4.69) is 10.6 Å². The van der Waals surface area contributed by atoms with E-state index in [4.69, 9.17) is 25.1 Å². The van der Waals surface area contributed by atoms with Crippen molar-refractivity contribution >= 4 is 34.8 Å². The quantitative estimate of drug-likeness (QED) is 0.306. The first kappa shape index (κ1) is 24.9. The summed E-state index contributed by atoms with van der Waals surface area (Å²) in [5, 5.41) is 14.1. The third-order valence-corrected chi connectivity index (χ3v) is 4.49. The second kappa shape index (κ2) is 11.9. The zero-order chi connectivity index (χ0) is 25.2. The molecule has 2 amide bonds. The van der Waals surface area contributed by atoms with Crippen molar-refractivity contribution in [3.63, 3.8) is 0 Å². The van der Waals surface area contributed by atoms with Crippen molar-refractivity contribution in [1.29, 1.82) is 0 Å². The number of carbonyl (C=O) groups excluding carboxylic acids is 2. The van der Waals surface area contributed by atoms with Gasteiger partial charge in [-0.2, -0.15) is 0 Å². The van der Waals surface area contributed by atoms with Crippen LogP contribution in [0.4, 0.5) is 17.1 Å². The van der Waals surface area contributed by atoms with Crippen LogP contribution >= 0.6 is 0 Å². The van der Waals surface area contributed by atoms with Gasteiger partial charge < -0.3 is 35.7 Å². The van der Waals surface area contributed by atoms with Gasteiger partial charge in [0, 0.05) is 35.3 Å². The molecule has 0 heterocycles. The molecule has 10 heteroatoms. The maximum atomic E-state index is 12.5. The monoisotopic (exact) mass is 479 g/mol. The Labute approximate surface area is 201 Å². The highest BCUT2D eigenvalue weighted by atomic mass is 16.5. The molecule has 3 aromatic carbocycles. The Kier molecular flexibility index (Phi) is 8.49. The third kappa shape index (κ3) is 8.28. The van der Waals surface area contributed by atoms with Crippen molar-refractivity contribution in [2.75, 3.05) is 29.6 Å². The van der Waals surface area contributed by atoms with Crippen LogP contribution in [-0.2, 0) is 14.4 Å². The number of benzene rings is 3. The molecule has 0 aliphatic carbocycles. The lowest BCUT2D eigenvalue weighted by Crippen LogP contribution is -2.30. The number of anilines is 3. The van der Waals surface area contributed by atoms with Crippen LogP contribution in [0.1, 0.15) is 6.92 Å². The lowest BCUT2D eigenvalue weighted by Gasteiger charge is -2.16. The maximum absolute atomic E-state index is 12.5. The highest BCUT2D eigenvalue weighted by Crippen LogP contribution is 2.21. The van der Waals surface area contributed by atoms with Crippen LogP contribution in [0.2, 0.25) is 0 Å². The summed E-state index contributed by atoms with van der Waals surface area (Å²) in [5.41, 5.74) is 7.12. The Hall–Kier alpha value is -4.73. The molecule has 35 heavy (non-hydrogen) atoms. The second-order valence-electron chi connectivity index (χ2n) is 7.40. The molecule has 0 saturated heterocycles. The minimum absolute atomic E-state index is 0.206. The Morgan fingerprint density at radius 3 is 2.09 bits per heavy atom. The van der Waals surface area contributed by atoms with Crippen molar-refractivity contribution < 1.29 is 33.7 Å². The van der Waals surface area contributed by atoms with Crippen molar-refractivity contribution in [2.45, 2.75) is 13.0 Å². The molecule has 182 valence electrons. The van der Waals surface area contributed by atoms with Gasteiger partial charge in [-0.05, 0) is 43.3 Å². The average Bonchev–Trinajstić information content (AvgIpc) is 2.82. The van der Waals surface area contributed by atoms with Gasteiger partial charge in [0.05, 0.1) is 0 Å². The van der Waals surface area contributed by atoms with E-state index in [1.165, 1.54) is 6.07 Å². The maximum Gasteiger partial charge on any atom is 0.341 e. The average molecular weight is 479 g/mol. The fraction of sp³-hybridized carbons (Fsp3) is 0.160. The molecule has 0 saturated carbocycles. The fourth-order valence-corrected chi connectivity index (χ4v) is 2.91. The topological polar surface area (TPSA) is 149 Å². The lowest BCUT2D eigenvalue weighted by molar-refractivity contribution is -0.139. The van der Waals surface area contributed by atoms with Crippen LogP contribution in [0.25, 0.3) is 0 Å². The SMILES string of the molecule is C[C@@H](Oc1cccc(NC(=O)COc2cccc(N)c2)c1)C(=O)Nc1cccc(OCC(=O)O)c1. The normalized spacial score (nSPS) is 11.1. The van der Waals surface area contributed by atoms with Crippen molar-refractivity contribution in [3.05, 3.63) is 72.8 Å². The summed E-state index contributed by atoms with van der Waals surface area (Å²) in [5.74, 6) is -0.738. The van der Waals surface area contributed by atoms with E-state index in [0.717, 1.165) is 0 Å². The predicted molar refractivity (Wildman–Crippen MR) is 130 cm³/mol. The number of ether oxygens (including phenoxy) is 3. The first-order valence-corrected chi connectivity index (χ1v) is 10.6. The number of nitrogens with two attached hydrogens (primary N) is 1. The van der Waals surface area contributed by atoms with E-state index in [0.29, 0.717) is 34.3 Å². The second-order valence-corrected chi connectivity index (χ2v) is 7.40. The standard InChI is InChI=1S/C25H25N3O7/c1-16(25(32)28-19-7-3-9-21(12-19)34-15-24(30)31)35-22-10-4-6-18(13-22)27-23(29)14-33-20-8-2-5-17(26)11-20/h2-13,16H,14-15,26H2,1H3,(H,27,29)(H,28,32)(H,30,31)/t16-/m1/s1. The molecular formula is C25H25N3O7. The predicted octanol–water partition coefficient (Wildman–Crippen LogP) is 3.16. The van der Waals surface area contributed by atoms with Crippen molar-refractivity contribution in [2.24, 2.45) is 0 Å². The number of rotatable bonds is 11. The summed E-state index contributed by atoms with van der Waals surface area (Å²) in [4.78, 5) is 35.4. The van der Waals surface area contributed by atoms with Gasteiger partial charge in [-0.15, -0.1) is 0 Å². The highest BCUT2D eigenvalue weighted by molar-refractivity contribution is 5.94. The Morgan fingerprint density at radius 1 is 0.829 bits per heavy atom. The van der Waals surface area contributed by atoms with Crippen LogP contribution in [0, 0.1) is 0 Å². The summed E-state index contributed by atoms with van der Waals surface area (Å²) >= 11 is 0. The molecular weight excluding hydrogens is 454 g/mol. The number of hydrogen-bond donors (Lipinski definition) is 4. The number of carboxylic acid groups (broad SMARTS) is 1. The third-order valence-electron chi connectivity index (χ3n) is 4.49. The molecule has 0 unspecified atom stereocenters. The Balaban J connectivity index is 1.51. The molecule has 3 aromatic rings. The molecule has 0 aliphatic rings. The van der Waals surface area contributed by atoms with Crippen LogP contribution in [0.15, 0.2) is 72.8 Å². The highest BCUT2D eigenvalue weighted by Gasteiger charge is 2.16. The van der Waals surface area contributed by atoms with Gasteiger partial charge in [0.15, 0.2) is 19.3 Å². The van der Waals surface area contributed by atoms with E-state index >= 15 is 0 Å². The molecule has 0 aliphatic heterocycles. The minimum Gasteiger partial charge on any atom is -0.484 e. The molecule has 1 atom stereocenters. The number of aliphatic carboxylic acids is 1. The van der Waals surface area contributed by atoms with Gasteiger partial charge in [-0.25, -0.2) is 4.79 Å². The first-order chi connectivity index (χ1) is 16.8. The Bertz CT molecular complexity index is 1200. The zero-order valence-electron chi connectivity index (χ0n) is 18.9. The summed E-state index contributed by atoms with van der Waals surface area (Å²) < 4.78 is 16.2. The Morgan fingerprint density at radius 2 is 1.40 bits per heavy atom.